The Morgan fingerprint density at radius 2 is 1.79 bits per heavy atom. The van der Waals surface area contributed by atoms with Gasteiger partial charge in [-0.3, -0.25) is 9.78 Å². The van der Waals surface area contributed by atoms with Crippen molar-refractivity contribution in [3.8, 4) is 0 Å². The third-order valence-corrected chi connectivity index (χ3v) is 3.47. The number of amides is 1. The lowest BCUT2D eigenvalue weighted by Crippen LogP contribution is -2.34. The molecule has 0 aliphatic rings. The molecule has 166 valence electrons. The van der Waals surface area contributed by atoms with Gasteiger partial charge < -0.3 is 25.1 Å². The van der Waals surface area contributed by atoms with E-state index in [1.165, 1.54) is 9.91 Å². The van der Waals surface area contributed by atoms with E-state index in [2.05, 4.69) is 9.72 Å². The van der Waals surface area contributed by atoms with Gasteiger partial charge in [0.25, 0.3) is 0 Å². The summed E-state index contributed by atoms with van der Waals surface area (Å²) < 4.78 is 9.49. The standard InChI is InChI=1S/C16H25N5O3.C2H6O.C2H6/c1-5-8-20(3)16(23)24-10-14(21(4)18)15(17)13-7-6-12(9-22)11(2)19-13;1-3-2;1-2/h6-7,9H,5,8,10,17-18H2,1-4H3;1-2H3;1-2H3/b15-14-;;. The second-order valence-corrected chi connectivity index (χ2v) is 5.84. The van der Waals surface area contributed by atoms with Crippen molar-refractivity contribution < 1.29 is 19.1 Å². The number of aryl methyl sites for hydroxylation is 1. The SMILES string of the molecule is CC.CCCN(C)C(=O)OC/C(=C(/N)c1ccc(C=O)c(C)n1)N(C)N.COC. The van der Waals surface area contributed by atoms with Crippen molar-refractivity contribution in [1.29, 1.82) is 0 Å². The van der Waals surface area contributed by atoms with Gasteiger partial charge in [0.2, 0.25) is 0 Å². The maximum absolute atomic E-state index is 11.9. The monoisotopic (exact) mass is 411 g/mol. The molecule has 29 heavy (non-hydrogen) atoms. The zero-order valence-corrected chi connectivity index (χ0v) is 19.0. The number of nitrogens with two attached hydrogens (primary N) is 2. The largest absolute Gasteiger partial charge is 0.443 e. The fourth-order valence-electron chi connectivity index (χ4n) is 2.03. The molecule has 0 saturated heterocycles. The lowest BCUT2D eigenvalue weighted by Gasteiger charge is -2.21. The van der Waals surface area contributed by atoms with Gasteiger partial charge in [0.15, 0.2) is 6.29 Å². The fourth-order valence-corrected chi connectivity index (χ4v) is 2.03. The molecule has 9 heteroatoms. The average Bonchev–Trinajstić information content (AvgIpc) is 2.69. The van der Waals surface area contributed by atoms with E-state index in [-0.39, 0.29) is 12.3 Å². The summed E-state index contributed by atoms with van der Waals surface area (Å²) in [5.41, 5.74) is 8.33. The molecular formula is C20H37N5O4. The minimum absolute atomic E-state index is 0.0815. The van der Waals surface area contributed by atoms with Crippen molar-refractivity contribution in [3.05, 3.63) is 34.8 Å². The number of rotatable bonds is 7. The first kappa shape index (κ1) is 28.6. The molecule has 0 aromatic carbocycles. The molecule has 1 aromatic heterocycles. The summed E-state index contributed by atoms with van der Waals surface area (Å²) in [6.45, 7) is 8.20. The zero-order valence-electron chi connectivity index (χ0n) is 19.0. The Morgan fingerprint density at radius 3 is 2.21 bits per heavy atom. The Labute approximate surface area is 174 Å². The summed E-state index contributed by atoms with van der Waals surface area (Å²) in [5, 5.41) is 1.28. The highest BCUT2D eigenvalue weighted by molar-refractivity contribution is 5.77. The van der Waals surface area contributed by atoms with Crippen LogP contribution in [0, 0.1) is 6.92 Å². The quantitative estimate of drug-likeness (QED) is 0.398. The molecule has 0 aliphatic heterocycles. The van der Waals surface area contributed by atoms with Crippen LogP contribution in [0.15, 0.2) is 17.8 Å². The Kier molecular flexibility index (Phi) is 16.1. The number of ether oxygens (including phenoxy) is 2. The first-order chi connectivity index (χ1) is 13.7. The maximum atomic E-state index is 11.9. The molecule has 9 nitrogen and oxygen atoms in total. The number of hydrogen-bond acceptors (Lipinski definition) is 8. The molecule has 0 atom stereocenters. The number of hydrazine groups is 1. The average molecular weight is 412 g/mol. The smallest absolute Gasteiger partial charge is 0.409 e. The summed E-state index contributed by atoms with van der Waals surface area (Å²) in [6, 6.07) is 3.26. The van der Waals surface area contributed by atoms with Gasteiger partial charge in [-0.25, -0.2) is 10.6 Å². The van der Waals surface area contributed by atoms with E-state index in [9.17, 15) is 9.59 Å². The first-order valence-corrected chi connectivity index (χ1v) is 9.41. The number of pyridine rings is 1. The summed E-state index contributed by atoms with van der Waals surface area (Å²) in [4.78, 5) is 28.5. The Morgan fingerprint density at radius 1 is 1.24 bits per heavy atom. The van der Waals surface area contributed by atoms with Crippen molar-refractivity contribution in [2.24, 2.45) is 11.6 Å². The molecule has 0 saturated carbocycles. The predicted molar refractivity (Wildman–Crippen MR) is 116 cm³/mol. The van der Waals surface area contributed by atoms with E-state index in [1.54, 1.807) is 47.4 Å². The first-order valence-electron chi connectivity index (χ1n) is 9.41. The van der Waals surface area contributed by atoms with Gasteiger partial charge in [0.05, 0.1) is 17.1 Å². The fraction of sp³-hybridized carbons (Fsp3) is 0.550. The Bertz CT molecular complexity index is 648. The molecule has 0 unspecified atom stereocenters. The van der Waals surface area contributed by atoms with Gasteiger partial charge in [-0.05, 0) is 25.5 Å². The van der Waals surface area contributed by atoms with Crippen molar-refractivity contribution in [2.45, 2.75) is 34.1 Å². The predicted octanol–water partition coefficient (Wildman–Crippen LogP) is 2.40. The van der Waals surface area contributed by atoms with E-state index < -0.39 is 6.09 Å². The van der Waals surface area contributed by atoms with Crippen LogP contribution in [0.3, 0.4) is 0 Å². The van der Waals surface area contributed by atoms with E-state index >= 15 is 0 Å². The highest BCUT2D eigenvalue weighted by Crippen LogP contribution is 2.15. The number of aldehydes is 1. The molecule has 0 fully saturated rings. The number of likely N-dealkylation sites (N-methyl/N-ethyl adjacent to an activating group) is 1. The van der Waals surface area contributed by atoms with Gasteiger partial charge in [0, 0.05) is 46.1 Å². The third kappa shape index (κ3) is 10.5. The number of aromatic nitrogens is 1. The van der Waals surface area contributed by atoms with Crippen molar-refractivity contribution in [3.63, 3.8) is 0 Å². The summed E-state index contributed by atoms with van der Waals surface area (Å²) >= 11 is 0. The van der Waals surface area contributed by atoms with Gasteiger partial charge in [0.1, 0.15) is 6.61 Å². The number of nitrogens with zero attached hydrogens (tertiary/aromatic N) is 3. The van der Waals surface area contributed by atoms with Gasteiger partial charge >= 0.3 is 6.09 Å². The van der Waals surface area contributed by atoms with E-state index in [1.807, 2.05) is 20.8 Å². The minimum Gasteiger partial charge on any atom is -0.443 e. The molecule has 1 heterocycles. The Hall–Kier alpha value is -2.65. The molecule has 1 aromatic rings. The van der Waals surface area contributed by atoms with E-state index in [0.717, 1.165) is 12.7 Å². The van der Waals surface area contributed by atoms with Crippen LogP contribution >= 0.6 is 0 Å². The lowest BCUT2D eigenvalue weighted by atomic mass is 10.1. The summed E-state index contributed by atoms with van der Waals surface area (Å²) in [6.07, 6.45) is 1.11. The van der Waals surface area contributed by atoms with Crippen LogP contribution in [-0.4, -0.2) is 68.7 Å². The van der Waals surface area contributed by atoms with Crippen LogP contribution < -0.4 is 11.6 Å². The van der Waals surface area contributed by atoms with Gasteiger partial charge in [-0.2, -0.15) is 0 Å². The van der Waals surface area contributed by atoms with Gasteiger partial charge in [-0.15, -0.1) is 0 Å². The van der Waals surface area contributed by atoms with Crippen LogP contribution in [0.1, 0.15) is 48.9 Å². The number of carbonyl (C=O) groups is 2. The third-order valence-electron chi connectivity index (χ3n) is 3.47. The van der Waals surface area contributed by atoms with Crippen molar-refractivity contribution in [1.82, 2.24) is 14.9 Å². The maximum Gasteiger partial charge on any atom is 0.409 e. The molecule has 1 amide bonds. The van der Waals surface area contributed by atoms with Crippen LogP contribution in [0.4, 0.5) is 4.79 Å². The molecule has 0 bridgehead atoms. The topological polar surface area (TPSA) is 124 Å². The number of methoxy groups -OCH3 is 1. The second-order valence-electron chi connectivity index (χ2n) is 5.84. The summed E-state index contributed by atoms with van der Waals surface area (Å²) in [5.74, 6) is 5.80. The van der Waals surface area contributed by atoms with Gasteiger partial charge in [-0.1, -0.05) is 20.8 Å². The summed E-state index contributed by atoms with van der Waals surface area (Å²) in [7, 11) is 6.51. The van der Waals surface area contributed by atoms with Crippen LogP contribution in [0.5, 0.6) is 0 Å². The molecular weight excluding hydrogens is 374 g/mol. The zero-order chi connectivity index (χ0) is 23.0. The normalized spacial score (nSPS) is 10.4. The van der Waals surface area contributed by atoms with E-state index in [4.69, 9.17) is 16.3 Å². The molecule has 4 N–H and O–H groups in total. The van der Waals surface area contributed by atoms with Crippen LogP contribution in [0.2, 0.25) is 0 Å². The Balaban J connectivity index is 0. The minimum atomic E-state index is -0.454. The van der Waals surface area contributed by atoms with Crippen molar-refractivity contribution in [2.75, 3.05) is 41.5 Å². The molecule has 0 radical (unpaired) electrons. The van der Waals surface area contributed by atoms with Crippen molar-refractivity contribution >= 4 is 18.1 Å². The molecule has 0 spiro atoms. The van der Waals surface area contributed by atoms with E-state index in [0.29, 0.717) is 29.2 Å². The highest BCUT2D eigenvalue weighted by atomic mass is 16.6. The highest BCUT2D eigenvalue weighted by Gasteiger charge is 2.15. The second kappa shape index (κ2) is 16.3. The molecule has 1 rings (SSSR count). The number of carbonyl (C=O) groups excluding carboxylic acids is 2. The number of hydrogen-bond donors (Lipinski definition) is 2. The van der Waals surface area contributed by atoms with Crippen LogP contribution in [-0.2, 0) is 9.47 Å². The molecule has 0 aliphatic carbocycles. The lowest BCUT2D eigenvalue weighted by molar-refractivity contribution is 0.111. The van der Waals surface area contributed by atoms with Crippen LogP contribution in [0.25, 0.3) is 5.70 Å².